The molecule has 2 aliphatic rings. The number of hydrogen-bond acceptors (Lipinski definition) is 2. The topological polar surface area (TPSA) is 6.48 Å². The molecule has 0 saturated carbocycles. The third-order valence-electron chi connectivity index (χ3n) is 4.66. The molecule has 2 aliphatic heterocycles. The van der Waals surface area contributed by atoms with Crippen LogP contribution in [0.2, 0.25) is 5.02 Å². The lowest BCUT2D eigenvalue weighted by atomic mass is 9.96. The van der Waals surface area contributed by atoms with E-state index in [1.807, 2.05) is 12.1 Å². The lowest BCUT2D eigenvalue weighted by Crippen LogP contribution is -2.58. The Morgan fingerprint density at radius 3 is 2.74 bits per heavy atom. The van der Waals surface area contributed by atoms with Crippen molar-refractivity contribution in [3.05, 3.63) is 29.3 Å². The van der Waals surface area contributed by atoms with E-state index in [4.69, 9.17) is 11.6 Å². The Morgan fingerprint density at radius 1 is 1.21 bits per heavy atom. The summed E-state index contributed by atoms with van der Waals surface area (Å²) in [7, 11) is 0. The van der Waals surface area contributed by atoms with Crippen molar-refractivity contribution >= 4 is 17.3 Å². The third-order valence-corrected chi connectivity index (χ3v) is 4.98. The van der Waals surface area contributed by atoms with Crippen molar-refractivity contribution in [2.45, 2.75) is 38.8 Å². The van der Waals surface area contributed by atoms with Crippen molar-refractivity contribution in [3.8, 4) is 0 Å². The van der Waals surface area contributed by atoms with E-state index < -0.39 is 0 Å². The Bertz CT molecular complexity index is 446. The number of hydrogen-bond donors (Lipinski definition) is 0. The number of fused-ring (bicyclic) bond motifs is 1. The maximum Gasteiger partial charge on any atom is 0.0639 e. The number of para-hydroxylation sites is 1. The van der Waals surface area contributed by atoms with E-state index in [0.29, 0.717) is 12.0 Å². The summed E-state index contributed by atoms with van der Waals surface area (Å²) in [4.78, 5) is 5.23. The van der Waals surface area contributed by atoms with Crippen LogP contribution in [-0.4, -0.2) is 36.6 Å². The van der Waals surface area contributed by atoms with E-state index in [9.17, 15) is 0 Å². The van der Waals surface area contributed by atoms with Gasteiger partial charge in [0, 0.05) is 25.2 Å². The Kier molecular flexibility index (Phi) is 3.72. The molecule has 104 valence electrons. The van der Waals surface area contributed by atoms with Crippen molar-refractivity contribution in [1.29, 1.82) is 0 Å². The largest absolute Gasteiger partial charge is 0.364 e. The lowest BCUT2D eigenvalue weighted by molar-refractivity contribution is 0.176. The summed E-state index contributed by atoms with van der Waals surface area (Å²) < 4.78 is 0. The first-order valence-electron chi connectivity index (χ1n) is 7.42. The van der Waals surface area contributed by atoms with Gasteiger partial charge in [-0.25, -0.2) is 0 Å². The van der Waals surface area contributed by atoms with Crippen LogP contribution in [0.25, 0.3) is 0 Å². The zero-order valence-corrected chi connectivity index (χ0v) is 12.6. The van der Waals surface area contributed by atoms with Crippen molar-refractivity contribution in [1.82, 2.24) is 4.90 Å². The highest BCUT2D eigenvalue weighted by atomic mass is 35.5. The molecule has 1 aromatic carbocycles. The van der Waals surface area contributed by atoms with E-state index in [-0.39, 0.29) is 0 Å². The lowest BCUT2D eigenvalue weighted by Gasteiger charge is -2.47. The number of benzene rings is 1. The molecule has 2 fully saturated rings. The fourth-order valence-electron chi connectivity index (χ4n) is 3.58. The van der Waals surface area contributed by atoms with Crippen molar-refractivity contribution in [3.63, 3.8) is 0 Å². The van der Waals surface area contributed by atoms with E-state index in [1.165, 1.54) is 31.6 Å². The zero-order valence-electron chi connectivity index (χ0n) is 11.8. The molecule has 2 heterocycles. The highest BCUT2D eigenvalue weighted by molar-refractivity contribution is 6.33. The number of piperazine rings is 1. The highest BCUT2D eigenvalue weighted by Crippen LogP contribution is 2.34. The predicted octanol–water partition coefficient (Wildman–Crippen LogP) is 3.65. The second-order valence-corrected chi connectivity index (χ2v) is 6.61. The third kappa shape index (κ3) is 2.48. The molecule has 0 aliphatic carbocycles. The number of anilines is 1. The monoisotopic (exact) mass is 278 g/mol. The number of rotatable bonds is 2. The van der Waals surface area contributed by atoms with Crippen LogP contribution in [0, 0.1) is 5.92 Å². The number of halogens is 1. The van der Waals surface area contributed by atoms with Crippen LogP contribution in [-0.2, 0) is 0 Å². The molecule has 3 heteroatoms. The van der Waals surface area contributed by atoms with E-state index >= 15 is 0 Å². The fourth-order valence-corrected chi connectivity index (χ4v) is 3.82. The first-order valence-corrected chi connectivity index (χ1v) is 7.80. The first kappa shape index (κ1) is 13.3. The maximum absolute atomic E-state index is 6.42. The van der Waals surface area contributed by atoms with E-state index in [0.717, 1.165) is 17.6 Å². The second kappa shape index (κ2) is 5.34. The van der Waals surface area contributed by atoms with Crippen LogP contribution in [0.15, 0.2) is 24.3 Å². The van der Waals surface area contributed by atoms with Crippen LogP contribution in [0.5, 0.6) is 0 Å². The molecule has 2 saturated heterocycles. The summed E-state index contributed by atoms with van der Waals surface area (Å²) in [5, 5.41) is 0.889. The second-order valence-electron chi connectivity index (χ2n) is 6.21. The minimum absolute atomic E-state index is 0.578. The van der Waals surface area contributed by atoms with Crippen LogP contribution < -0.4 is 4.90 Å². The van der Waals surface area contributed by atoms with Gasteiger partial charge in [0.1, 0.15) is 0 Å². The molecule has 2 nitrogen and oxygen atoms in total. The Labute approximate surface area is 121 Å². The van der Waals surface area contributed by atoms with Crippen molar-refractivity contribution in [2.24, 2.45) is 5.92 Å². The SMILES string of the molecule is CC(C)C1CN2CCCC2CN1c1ccccc1Cl. The molecule has 3 rings (SSSR count). The van der Waals surface area contributed by atoms with Gasteiger partial charge in [-0.3, -0.25) is 4.90 Å². The minimum Gasteiger partial charge on any atom is -0.364 e. The summed E-state index contributed by atoms with van der Waals surface area (Å²) in [6.45, 7) is 8.25. The molecular formula is C16H23ClN2. The molecule has 2 atom stereocenters. The summed E-state index contributed by atoms with van der Waals surface area (Å²) in [6.07, 6.45) is 2.69. The Hall–Kier alpha value is -0.730. The Morgan fingerprint density at radius 2 is 2.00 bits per heavy atom. The van der Waals surface area contributed by atoms with Crippen LogP contribution in [0.4, 0.5) is 5.69 Å². The molecular weight excluding hydrogens is 256 g/mol. The maximum atomic E-state index is 6.42. The van der Waals surface area contributed by atoms with Gasteiger partial charge in [0.15, 0.2) is 0 Å². The standard InChI is InChI=1S/C16H23ClN2/c1-12(2)16-11-18-9-5-6-13(18)10-19(16)15-8-4-3-7-14(15)17/h3-4,7-8,12-13,16H,5-6,9-11H2,1-2H3. The van der Waals surface area contributed by atoms with Crippen molar-refractivity contribution < 1.29 is 0 Å². The van der Waals surface area contributed by atoms with Gasteiger partial charge < -0.3 is 4.90 Å². The summed E-state index contributed by atoms with van der Waals surface area (Å²) >= 11 is 6.42. The molecule has 0 aromatic heterocycles. The summed E-state index contributed by atoms with van der Waals surface area (Å²) in [5.41, 5.74) is 1.22. The van der Waals surface area contributed by atoms with Gasteiger partial charge in [-0.1, -0.05) is 37.6 Å². The summed E-state index contributed by atoms with van der Waals surface area (Å²) in [5.74, 6) is 0.651. The molecule has 0 radical (unpaired) electrons. The zero-order chi connectivity index (χ0) is 13.4. The normalized spacial score (nSPS) is 27.9. The van der Waals surface area contributed by atoms with Gasteiger partial charge in [-0.15, -0.1) is 0 Å². The predicted molar refractivity (Wildman–Crippen MR) is 82.0 cm³/mol. The molecule has 0 bridgehead atoms. The van der Waals surface area contributed by atoms with E-state index in [2.05, 4.69) is 35.8 Å². The summed E-state index contributed by atoms with van der Waals surface area (Å²) in [6, 6.07) is 9.60. The van der Waals surface area contributed by atoms with Crippen LogP contribution >= 0.6 is 11.6 Å². The quantitative estimate of drug-likeness (QED) is 0.815. The highest BCUT2D eigenvalue weighted by Gasteiger charge is 2.37. The van der Waals surface area contributed by atoms with E-state index in [1.54, 1.807) is 0 Å². The van der Waals surface area contributed by atoms with Crippen molar-refractivity contribution in [2.75, 3.05) is 24.5 Å². The van der Waals surface area contributed by atoms with Gasteiger partial charge in [0.05, 0.1) is 10.7 Å². The Balaban J connectivity index is 1.90. The van der Waals surface area contributed by atoms with Gasteiger partial charge in [0.2, 0.25) is 0 Å². The molecule has 19 heavy (non-hydrogen) atoms. The molecule has 0 N–H and O–H groups in total. The molecule has 0 amide bonds. The van der Waals surface area contributed by atoms with Crippen LogP contribution in [0.1, 0.15) is 26.7 Å². The fraction of sp³-hybridized carbons (Fsp3) is 0.625. The molecule has 1 aromatic rings. The van der Waals surface area contributed by atoms with Gasteiger partial charge in [-0.2, -0.15) is 0 Å². The minimum atomic E-state index is 0.578. The van der Waals surface area contributed by atoms with Gasteiger partial charge >= 0.3 is 0 Å². The average Bonchev–Trinajstić information content (AvgIpc) is 2.85. The molecule has 2 unspecified atom stereocenters. The first-order chi connectivity index (χ1) is 9.16. The van der Waals surface area contributed by atoms with Crippen LogP contribution in [0.3, 0.4) is 0 Å². The number of nitrogens with zero attached hydrogens (tertiary/aromatic N) is 2. The van der Waals surface area contributed by atoms with Gasteiger partial charge in [-0.05, 0) is 37.4 Å². The molecule has 0 spiro atoms. The smallest absolute Gasteiger partial charge is 0.0639 e. The average molecular weight is 279 g/mol. The van der Waals surface area contributed by atoms with Gasteiger partial charge in [0.25, 0.3) is 0 Å².